The molecule has 2 amide bonds. The number of anilines is 3. The largest absolute Gasteiger partial charge is 0.467 e. The number of aromatic nitrogens is 2. The van der Waals surface area contributed by atoms with E-state index in [0.717, 1.165) is 11.3 Å². The molecule has 0 fully saturated rings. The van der Waals surface area contributed by atoms with Gasteiger partial charge in [-0.15, -0.1) is 0 Å². The molecule has 1 aromatic carbocycles. The first-order valence-electron chi connectivity index (χ1n) is 8.16. The summed E-state index contributed by atoms with van der Waals surface area (Å²) in [7, 11) is 1.65. The van der Waals surface area contributed by atoms with Gasteiger partial charge in [-0.2, -0.15) is 4.98 Å². The number of carbonyl (C=O) groups is 1. The predicted molar refractivity (Wildman–Crippen MR) is 105 cm³/mol. The highest BCUT2D eigenvalue weighted by Gasteiger charge is 2.32. The van der Waals surface area contributed by atoms with Gasteiger partial charge in [0.15, 0.2) is 0 Å². The molecule has 0 saturated heterocycles. The van der Waals surface area contributed by atoms with Crippen molar-refractivity contribution >= 4 is 46.7 Å². The molecule has 0 atom stereocenters. The molecule has 138 valence electrons. The van der Waals surface area contributed by atoms with Gasteiger partial charge in [-0.25, -0.2) is 9.78 Å². The first-order chi connectivity index (χ1) is 13.0. The van der Waals surface area contributed by atoms with Crippen molar-refractivity contribution in [1.29, 1.82) is 0 Å². The molecule has 0 saturated carbocycles. The number of urea groups is 1. The molecule has 7 nitrogen and oxygen atoms in total. The van der Waals surface area contributed by atoms with Crippen LogP contribution in [0, 0.1) is 0 Å². The van der Waals surface area contributed by atoms with E-state index in [9.17, 15) is 4.79 Å². The standard InChI is InChI=1S/C18H15Cl2N5O2/c1-24-16-11(8-21-17(23-16)22-9-12-4-3-7-27-12)10-25(18(24)26)15-13(19)5-2-6-14(15)20/h2-8H,9-10H2,1H3,(H,21,22,23). The summed E-state index contributed by atoms with van der Waals surface area (Å²) in [6, 6.07) is 8.53. The monoisotopic (exact) mass is 403 g/mol. The number of carbonyl (C=O) groups excluding carboxylic acids is 1. The summed E-state index contributed by atoms with van der Waals surface area (Å²) < 4.78 is 5.28. The zero-order valence-corrected chi connectivity index (χ0v) is 15.8. The van der Waals surface area contributed by atoms with Crippen LogP contribution in [0.3, 0.4) is 0 Å². The van der Waals surface area contributed by atoms with Crippen molar-refractivity contribution in [2.75, 3.05) is 22.2 Å². The molecule has 0 spiro atoms. The van der Waals surface area contributed by atoms with Crippen molar-refractivity contribution < 1.29 is 9.21 Å². The van der Waals surface area contributed by atoms with Gasteiger partial charge in [0.1, 0.15) is 11.6 Å². The lowest BCUT2D eigenvalue weighted by atomic mass is 10.2. The van der Waals surface area contributed by atoms with Crippen LogP contribution in [0.15, 0.2) is 47.2 Å². The summed E-state index contributed by atoms with van der Waals surface area (Å²) in [6.07, 6.45) is 3.29. The molecule has 0 unspecified atom stereocenters. The lowest BCUT2D eigenvalue weighted by Gasteiger charge is -2.34. The molecule has 3 aromatic rings. The Labute approximate surface area is 165 Å². The Balaban J connectivity index is 1.62. The van der Waals surface area contributed by atoms with Crippen molar-refractivity contribution in [2.45, 2.75) is 13.1 Å². The Kier molecular flexibility index (Phi) is 4.63. The van der Waals surface area contributed by atoms with E-state index in [4.69, 9.17) is 27.6 Å². The zero-order chi connectivity index (χ0) is 19.0. The van der Waals surface area contributed by atoms with Crippen LogP contribution in [0.2, 0.25) is 10.0 Å². The van der Waals surface area contributed by atoms with Crippen LogP contribution in [-0.2, 0) is 13.1 Å². The maximum atomic E-state index is 12.9. The second-order valence-electron chi connectivity index (χ2n) is 5.97. The lowest BCUT2D eigenvalue weighted by molar-refractivity contribution is 0.251. The van der Waals surface area contributed by atoms with Crippen molar-refractivity contribution in [1.82, 2.24) is 9.97 Å². The van der Waals surface area contributed by atoms with E-state index in [1.807, 2.05) is 12.1 Å². The minimum atomic E-state index is -0.270. The number of rotatable bonds is 4. The van der Waals surface area contributed by atoms with E-state index < -0.39 is 0 Å². The van der Waals surface area contributed by atoms with E-state index in [0.29, 0.717) is 34.0 Å². The molecule has 0 aliphatic carbocycles. The molecular formula is C18H15Cl2N5O2. The number of furan rings is 1. The Hall–Kier alpha value is -2.77. The summed E-state index contributed by atoms with van der Waals surface area (Å²) in [6.45, 7) is 0.727. The van der Waals surface area contributed by atoms with Gasteiger partial charge in [0.05, 0.1) is 35.1 Å². The van der Waals surface area contributed by atoms with Crippen molar-refractivity contribution in [3.05, 3.63) is 64.2 Å². The van der Waals surface area contributed by atoms with Crippen LogP contribution < -0.4 is 15.1 Å². The van der Waals surface area contributed by atoms with E-state index >= 15 is 0 Å². The van der Waals surface area contributed by atoms with Gasteiger partial charge >= 0.3 is 6.03 Å². The van der Waals surface area contributed by atoms with E-state index in [-0.39, 0.29) is 12.6 Å². The number of benzene rings is 1. The molecule has 0 radical (unpaired) electrons. The van der Waals surface area contributed by atoms with Gasteiger partial charge < -0.3 is 9.73 Å². The van der Waals surface area contributed by atoms with Crippen LogP contribution in [0.4, 0.5) is 22.2 Å². The molecule has 3 heterocycles. The first kappa shape index (κ1) is 17.6. The van der Waals surface area contributed by atoms with Gasteiger partial charge in [-0.1, -0.05) is 29.3 Å². The molecule has 4 rings (SSSR count). The second-order valence-corrected chi connectivity index (χ2v) is 6.79. The lowest BCUT2D eigenvalue weighted by Crippen LogP contribution is -2.46. The molecule has 27 heavy (non-hydrogen) atoms. The molecular weight excluding hydrogens is 389 g/mol. The summed E-state index contributed by atoms with van der Waals surface area (Å²) in [5, 5.41) is 3.90. The quantitative estimate of drug-likeness (QED) is 0.690. The number of halogens is 2. The number of nitrogens with zero attached hydrogens (tertiary/aromatic N) is 4. The highest BCUT2D eigenvalue weighted by Crippen LogP contribution is 2.38. The van der Waals surface area contributed by atoms with Gasteiger partial charge in [-0.3, -0.25) is 9.80 Å². The average Bonchev–Trinajstić information content (AvgIpc) is 3.17. The maximum absolute atomic E-state index is 12.9. The number of nitrogens with one attached hydrogen (secondary N) is 1. The number of hydrogen-bond acceptors (Lipinski definition) is 5. The fourth-order valence-electron chi connectivity index (χ4n) is 2.90. The molecule has 1 aliphatic rings. The van der Waals surface area contributed by atoms with Crippen LogP contribution >= 0.6 is 23.2 Å². The minimum Gasteiger partial charge on any atom is -0.467 e. The van der Waals surface area contributed by atoms with E-state index in [1.165, 1.54) is 9.80 Å². The van der Waals surface area contributed by atoms with Gasteiger partial charge in [0.25, 0.3) is 0 Å². The fourth-order valence-corrected chi connectivity index (χ4v) is 3.50. The highest BCUT2D eigenvalue weighted by molar-refractivity contribution is 6.40. The van der Waals surface area contributed by atoms with Crippen molar-refractivity contribution in [2.24, 2.45) is 0 Å². The molecule has 1 aliphatic heterocycles. The van der Waals surface area contributed by atoms with Crippen molar-refractivity contribution in [3.8, 4) is 0 Å². The first-order valence-corrected chi connectivity index (χ1v) is 8.91. The van der Waals surface area contributed by atoms with Crippen LogP contribution in [0.1, 0.15) is 11.3 Å². The number of fused-ring (bicyclic) bond motifs is 1. The third-order valence-corrected chi connectivity index (χ3v) is 4.82. The van der Waals surface area contributed by atoms with E-state index in [2.05, 4.69) is 15.3 Å². The Morgan fingerprint density at radius 1 is 1.22 bits per heavy atom. The molecule has 9 heteroatoms. The molecule has 2 aromatic heterocycles. The number of para-hydroxylation sites is 1. The fraction of sp³-hybridized carbons (Fsp3) is 0.167. The summed E-state index contributed by atoms with van der Waals surface area (Å²) in [5.41, 5.74) is 1.26. The predicted octanol–water partition coefficient (Wildman–Crippen LogP) is 4.56. The van der Waals surface area contributed by atoms with Gasteiger partial charge in [-0.05, 0) is 24.3 Å². The molecule has 1 N–H and O–H groups in total. The maximum Gasteiger partial charge on any atom is 0.330 e. The van der Waals surface area contributed by atoms with Crippen molar-refractivity contribution in [3.63, 3.8) is 0 Å². The van der Waals surface area contributed by atoms with Crippen LogP contribution in [0.25, 0.3) is 0 Å². The number of hydrogen-bond donors (Lipinski definition) is 1. The summed E-state index contributed by atoms with van der Waals surface area (Å²) in [4.78, 5) is 24.7. The van der Waals surface area contributed by atoms with E-state index in [1.54, 1.807) is 37.7 Å². The zero-order valence-electron chi connectivity index (χ0n) is 14.3. The van der Waals surface area contributed by atoms with Gasteiger partial charge in [0.2, 0.25) is 5.95 Å². The topological polar surface area (TPSA) is 74.5 Å². The third kappa shape index (κ3) is 3.31. The second kappa shape index (κ2) is 7.09. The Morgan fingerprint density at radius 2 is 2.00 bits per heavy atom. The molecule has 0 bridgehead atoms. The van der Waals surface area contributed by atoms with Crippen LogP contribution in [-0.4, -0.2) is 23.0 Å². The Bertz CT molecular complexity index is 973. The number of amides is 2. The SMILES string of the molecule is CN1C(=O)N(c2c(Cl)cccc2Cl)Cc2cnc(NCc3ccco3)nc21. The normalized spacial score (nSPS) is 13.7. The average molecular weight is 404 g/mol. The van der Waals surface area contributed by atoms with Gasteiger partial charge in [0, 0.05) is 18.8 Å². The smallest absolute Gasteiger partial charge is 0.330 e. The summed E-state index contributed by atoms with van der Waals surface area (Å²) >= 11 is 12.5. The highest BCUT2D eigenvalue weighted by atomic mass is 35.5. The minimum absolute atomic E-state index is 0.270. The Morgan fingerprint density at radius 3 is 2.70 bits per heavy atom. The summed E-state index contributed by atoms with van der Waals surface area (Å²) in [5.74, 6) is 1.71. The van der Waals surface area contributed by atoms with Crippen LogP contribution in [0.5, 0.6) is 0 Å². The third-order valence-electron chi connectivity index (χ3n) is 4.21.